The lowest BCUT2D eigenvalue weighted by Crippen LogP contribution is -2.31. The number of hydrogen-bond donors (Lipinski definition) is 3. The molecule has 5 N–H and O–H groups in total. The van der Waals surface area contributed by atoms with Crippen LogP contribution >= 0.6 is 0 Å². The number of hydrogen-bond acceptors (Lipinski definition) is 5. The van der Waals surface area contributed by atoms with Crippen molar-refractivity contribution in [2.75, 3.05) is 19.8 Å². The predicted octanol–water partition coefficient (Wildman–Crippen LogP) is 3.86. The molecule has 0 aliphatic carbocycles. The molecule has 3 rings (SSSR count). The second-order valence-electron chi connectivity index (χ2n) is 8.09. The van der Waals surface area contributed by atoms with Crippen LogP contribution < -0.4 is 16.8 Å². The van der Waals surface area contributed by atoms with Crippen molar-refractivity contribution in [3.63, 3.8) is 0 Å². The maximum Gasteiger partial charge on any atom is 0.0861 e. The SMILES string of the molecule is C/C(N)=C/C(CCCOCC1NCC[C@@H]1c1ccc(C)cc1)=C(\N)c1ccccn1. The van der Waals surface area contributed by atoms with E-state index in [1.807, 2.05) is 31.2 Å². The van der Waals surface area contributed by atoms with Gasteiger partial charge < -0.3 is 21.5 Å². The molecule has 1 aromatic carbocycles. The van der Waals surface area contributed by atoms with Crippen molar-refractivity contribution in [1.29, 1.82) is 0 Å². The molecule has 1 aromatic heterocycles. The number of aryl methyl sites for hydroxylation is 1. The Balaban J connectivity index is 1.51. The van der Waals surface area contributed by atoms with E-state index in [0.717, 1.165) is 49.4 Å². The van der Waals surface area contributed by atoms with E-state index in [1.54, 1.807) is 6.20 Å². The molecule has 0 saturated carbocycles. The van der Waals surface area contributed by atoms with E-state index in [0.29, 0.717) is 24.3 Å². The van der Waals surface area contributed by atoms with Crippen molar-refractivity contribution in [3.8, 4) is 0 Å². The Labute approximate surface area is 180 Å². The lowest BCUT2D eigenvalue weighted by Gasteiger charge is -2.20. The van der Waals surface area contributed by atoms with Crippen molar-refractivity contribution in [2.45, 2.75) is 45.1 Å². The minimum absolute atomic E-state index is 0.368. The van der Waals surface area contributed by atoms with Crippen LogP contribution in [0.25, 0.3) is 5.70 Å². The van der Waals surface area contributed by atoms with Crippen molar-refractivity contribution in [1.82, 2.24) is 10.3 Å². The molecule has 1 fully saturated rings. The van der Waals surface area contributed by atoms with E-state index in [-0.39, 0.29) is 0 Å². The second kappa shape index (κ2) is 11.0. The van der Waals surface area contributed by atoms with Gasteiger partial charge in [-0.1, -0.05) is 35.9 Å². The minimum atomic E-state index is 0.368. The van der Waals surface area contributed by atoms with Crippen LogP contribution in [0.15, 0.2) is 66.0 Å². The average molecular weight is 407 g/mol. The molecule has 0 bridgehead atoms. The van der Waals surface area contributed by atoms with E-state index in [1.165, 1.54) is 11.1 Å². The number of nitrogens with two attached hydrogens (primary N) is 2. The molecule has 160 valence electrons. The Bertz CT molecular complexity index is 854. The average Bonchev–Trinajstić information content (AvgIpc) is 3.21. The third-order valence-corrected chi connectivity index (χ3v) is 5.57. The summed E-state index contributed by atoms with van der Waals surface area (Å²) in [6, 6.07) is 15.0. The summed E-state index contributed by atoms with van der Waals surface area (Å²) in [7, 11) is 0. The zero-order chi connectivity index (χ0) is 21.3. The molecule has 1 unspecified atom stereocenters. The van der Waals surface area contributed by atoms with Gasteiger partial charge in [-0.2, -0.15) is 0 Å². The molecule has 5 nitrogen and oxygen atoms in total. The van der Waals surface area contributed by atoms with Crippen LogP contribution in [0, 0.1) is 6.92 Å². The first kappa shape index (κ1) is 22.1. The number of aromatic nitrogens is 1. The summed E-state index contributed by atoms with van der Waals surface area (Å²) in [6.45, 7) is 6.45. The molecule has 2 aromatic rings. The third kappa shape index (κ3) is 6.18. The molecular formula is C25H34N4O. The van der Waals surface area contributed by atoms with E-state index < -0.39 is 0 Å². The zero-order valence-electron chi connectivity index (χ0n) is 18.1. The molecule has 1 saturated heterocycles. The summed E-state index contributed by atoms with van der Waals surface area (Å²) in [6.07, 6.45) is 6.53. The van der Waals surface area contributed by atoms with Gasteiger partial charge in [-0.25, -0.2) is 0 Å². The van der Waals surface area contributed by atoms with Crippen molar-refractivity contribution < 1.29 is 4.74 Å². The standard InChI is InChI=1S/C25H34N4O/c1-18-8-10-20(11-9-18)22-12-14-29-24(22)17-30-15-5-6-21(16-19(2)26)25(27)23-7-3-4-13-28-23/h3-4,7-11,13,16,22,24,29H,5-6,12,14-15,17,26-27H2,1-2H3/b19-16-,25-21-/t22-,24?/m1/s1. The molecule has 2 atom stereocenters. The Morgan fingerprint density at radius 3 is 2.70 bits per heavy atom. The number of ether oxygens (including phenoxy) is 1. The first-order chi connectivity index (χ1) is 14.5. The third-order valence-electron chi connectivity index (χ3n) is 5.57. The Morgan fingerprint density at radius 2 is 2.00 bits per heavy atom. The molecule has 0 amide bonds. The predicted molar refractivity (Wildman–Crippen MR) is 124 cm³/mol. The second-order valence-corrected chi connectivity index (χ2v) is 8.09. The number of rotatable bonds is 9. The molecule has 0 radical (unpaired) electrons. The highest BCUT2D eigenvalue weighted by atomic mass is 16.5. The molecule has 1 aliphatic heterocycles. The Hall–Kier alpha value is -2.63. The zero-order valence-corrected chi connectivity index (χ0v) is 18.1. The van der Waals surface area contributed by atoms with Gasteiger partial charge >= 0.3 is 0 Å². The highest BCUT2D eigenvalue weighted by Gasteiger charge is 2.28. The maximum absolute atomic E-state index is 6.36. The maximum atomic E-state index is 6.36. The molecule has 1 aliphatic rings. The minimum Gasteiger partial charge on any atom is -0.402 e. The lowest BCUT2D eigenvalue weighted by atomic mass is 9.92. The van der Waals surface area contributed by atoms with Gasteiger partial charge in [0.2, 0.25) is 0 Å². The van der Waals surface area contributed by atoms with E-state index >= 15 is 0 Å². The molecule has 5 heteroatoms. The van der Waals surface area contributed by atoms with Gasteiger partial charge in [-0.05, 0) is 69.0 Å². The van der Waals surface area contributed by atoms with E-state index in [4.69, 9.17) is 16.2 Å². The fourth-order valence-electron chi connectivity index (χ4n) is 3.98. The number of benzene rings is 1. The number of nitrogens with zero attached hydrogens (tertiary/aromatic N) is 1. The van der Waals surface area contributed by atoms with Crippen LogP contribution in [0.1, 0.15) is 48.9 Å². The number of nitrogens with one attached hydrogen (secondary N) is 1. The quantitative estimate of drug-likeness (QED) is 0.435. The van der Waals surface area contributed by atoms with Crippen LogP contribution in [0.4, 0.5) is 0 Å². The van der Waals surface area contributed by atoms with Crippen molar-refractivity contribution >= 4 is 5.70 Å². The Morgan fingerprint density at radius 1 is 1.20 bits per heavy atom. The summed E-state index contributed by atoms with van der Waals surface area (Å²) >= 11 is 0. The summed E-state index contributed by atoms with van der Waals surface area (Å²) in [4.78, 5) is 4.35. The first-order valence-corrected chi connectivity index (χ1v) is 10.8. The van der Waals surface area contributed by atoms with E-state index in [9.17, 15) is 0 Å². The van der Waals surface area contributed by atoms with Gasteiger partial charge in [0.05, 0.1) is 18.0 Å². The number of pyridine rings is 1. The summed E-state index contributed by atoms with van der Waals surface area (Å²) in [5.41, 5.74) is 18.2. The largest absolute Gasteiger partial charge is 0.402 e. The first-order valence-electron chi connectivity index (χ1n) is 10.8. The van der Waals surface area contributed by atoms with Crippen LogP contribution in [-0.4, -0.2) is 30.8 Å². The monoisotopic (exact) mass is 406 g/mol. The normalized spacial score (nSPS) is 20.3. The smallest absolute Gasteiger partial charge is 0.0861 e. The Kier molecular flexibility index (Phi) is 8.05. The fraction of sp³-hybridized carbons (Fsp3) is 0.400. The van der Waals surface area contributed by atoms with Gasteiger partial charge in [0.15, 0.2) is 0 Å². The highest BCUT2D eigenvalue weighted by molar-refractivity contribution is 5.65. The molecule has 2 heterocycles. The topological polar surface area (TPSA) is 86.2 Å². The molecule has 30 heavy (non-hydrogen) atoms. The van der Waals surface area contributed by atoms with Crippen molar-refractivity contribution in [3.05, 3.63) is 82.8 Å². The summed E-state index contributed by atoms with van der Waals surface area (Å²) in [5, 5.41) is 3.60. The molecular weight excluding hydrogens is 372 g/mol. The summed E-state index contributed by atoms with van der Waals surface area (Å²) < 4.78 is 6.04. The van der Waals surface area contributed by atoms with Gasteiger partial charge in [0.1, 0.15) is 0 Å². The van der Waals surface area contributed by atoms with Gasteiger partial charge in [-0.15, -0.1) is 0 Å². The van der Waals surface area contributed by atoms with Gasteiger partial charge in [-0.3, -0.25) is 4.98 Å². The van der Waals surface area contributed by atoms with Gasteiger partial charge in [0, 0.05) is 30.5 Å². The van der Waals surface area contributed by atoms with Crippen LogP contribution in [0.3, 0.4) is 0 Å². The lowest BCUT2D eigenvalue weighted by molar-refractivity contribution is 0.110. The number of allylic oxidation sites excluding steroid dienone is 3. The van der Waals surface area contributed by atoms with Crippen LogP contribution in [-0.2, 0) is 4.74 Å². The van der Waals surface area contributed by atoms with Crippen LogP contribution in [0.2, 0.25) is 0 Å². The van der Waals surface area contributed by atoms with Crippen LogP contribution in [0.5, 0.6) is 0 Å². The van der Waals surface area contributed by atoms with Crippen molar-refractivity contribution in [2.24, 2.45) is 11.5 Å². The molecule has 0 spiro atoms. The fourth-order valence-corrected chi connectivity index (χ4v) is 3.98. The van der Waals surface area contributed by atoms with Gasteiger partial charge in [0.25, 0.3) is 0 Å². The summed E-state index contributed by atoms with van der Waals surface area (Å²) in [5.74, 6) is 0.517. The van der Waals surface area contributed by atoms with E-state index in [2.05, 4.69) is 41.5 Å². The highest BCUT2D eigenvalue weighted by Crippen LogP contribution is 2.28.